The third kappa shape index (κ3) is 7.00. The topological polar surface area (TPSA) is 156 Å². The minimum Gasteiger partial charge on any atom is -0.481 e. The van der Waals surface area contributed by atoms with Gasteiger partial charge in [-0.1, -0.05) is 0 Å². The number of carboxylic acid groups (broad SMARTS) is 3. The van der Waals surface area contributed by atoms with Gasteiger partial charge in [-0.15, -0.1) is 0 Å². The number of aliphatic carboxylic acids is 3. The monoisotopic (exact) mass is 209 g/mol. The molecule has 0 saturated heterocycles. The van der Waals surface area contributed by atoms with E-state index < -0.39 is 37.0 Å². The third-order valence-electron chi connectivity index (χ3n) is 1.04. The van der Waals surface area contributed by atoms with Gasteiger partial charge in [0.1, 0.15) is 6.61 Å². The van der Waals surface area contributed by atoms with E-state index >= 15 is 0 Å². The van der Waals surface area contributed by atoms with Crippen LogP contribution in [-0.2, 0) is 19.1 Å². The van der Waals surface area contributed by atoms with Gasteiger partial charge in [-0.05, 0) is 0 Å². The Morgan fingerprint density at radius 3 is 1.86 bits per heavy atom. The summed E-state index contributed by atoms with van der Waals surface area (Å²) in [5.74, 6) is -4.21. The van der Waals surface area contributed by atoms with Gasteiger partial charge in [0.2, 0.25) is 0 Å². The minimum absolute atomic E-state index is 0. The van der Waals surface area contributed by atoms with Gasteiger partial charge in [0.25, 0.3) is 0 Å². The number of hydrogen-bond acceptors (Lipinski definition) is 5. The van der Waals surface area contributed by atoms with Gasteiger partial charge in [-0.25, -0.2) is 9.59 Å². The maximum absolute atomic E-state index is 10.3. The lowest BCUT2D eigenvalue weighted by atomic mass is 10.2. The molecule has 0 aliphatic rings. The van der Waals surface area contributed by atoms with Crippen molar-refractivity contribution in [1.29, 1.82) is 0 Å². The Labute approximate surface area is 78.7 Å². The van der Waals surface area contributed by atoms with Crippen LogP contribution in [0.5, 0.6) is 0 Å². The molecule has 0 fully saturated rings. The van der Waals surface area contributed by atoms with Crippen molar-refractivity contribution in [2.24, 2.45) is 0 Å². The molecule has 1 atom stereocenters. The third-order valence-corrected chi connectivity index (χ3v) is 1.04. The van der Waals surface area contributed by atoms with E-state index in [2.05, 4.69) is 4.74 Å². The Kier molecular flexibility index (Phi) is 7.21. The molecule has 0 aromatic rings. The van der Waals surface area contributed by atoms with Crippen LogP contribution in [0.3, 0.4) is 0 Å². The molecular formula is C6H11NO7. The van der Waals surface area contributed by atoms with Gasteiger partial charge in [0.05, 0.1) is 6.42 Å². The van der Waals surface area contributed by atoms with E-state index in [0.717, 1.165) is 0 Å². The molecule has 8 heteroatoms. The molecule has 0 aliphatic heterocycles. The van der Waals surface area contributed by atoms with E-state index in [-0.39, 0.29) is 6.15 Å². The molecule has 82 valence electrons. The Morgan fingerprint density at radius 1 is 1.07 bits per heavy atom. The van der Waals surface area contributed by atoms with Crippen LogP contribution >= 0.6 is 0 Å². The molecule has 1 unspecified atom stereocenters. The van der Waals surface area contributed by atoms with E-state index in [0.29, 0.717) is 0 Å². The average Bonchev–Trinajstić information content (AvgIpc) is 1.96. The van der Waals surface area contributed by atoms with Crippen LogP contribution in [0.15, 0.2) is 0 Å². The molecule has 8 nitrogen and oxygen atoms in total. The number of carboxylic acids is 3. The molecule has 0 saturated carbocycles. The van der Waals surface area contributed by atoms with Gasteiger partial charge >= 0.3 is 17.9 Å². The molecule has 0 aromatic carbocycles. The van der Waals surface area contributed by atoms with E-state index in [1.165, 1.54) is 0 Å². The van der Waals surface area contributed by atoms with Crippen molar-refractivity contribution in [1.82, 2.24) is 6.15 Å². The van der Waals surface area contributed by atoms with Crippen molar-refractivity contribution in [2.45, 2.75) is 12.5 Å². The zero-order valence-electron chi connectivity index (χ0n) is 7.17. The summed E-state index contributed by atoms with van der Waals surface area (Å²) in [6, 6.07) is 0. The normalized spacial score (nSPS) is 11.1. The lowest BCUT2D eigenvalue weighted by Crippen LogP contribution is -2.29. The first-order valence-corrected chi connectivity index (χ1v) is 3.21. The lowest BCUT2D eigenvalue weighted by molar-refractivity contribution is -0.161. The second-order valence-electron chi connectivity index (χ2n) is 2.13. The lowest BCUT2D eigenvalue weighted by Gasteiger charge is -2.08. The molecule has 0 heterocycles. The first-order valence-electron chi connectivity index (χ1n) is 3.21. The summed E-state index contributed by atoms with van der Waals surface area (Å²) in [6.45, 7) is -0.829. The average molecular weight is 209 g/mol. The molecule has 0 rings (SSSR count). The van der Waals surface area contributed by atoms with Crippen molar-refractivity contribution in [2.75, 3.05) is 6.61 Å². The first kappa shape index (κ1) is 14.8. The molecule has 0 radical (unpaired) electrons. The summed E-state index contributed by atoms with van der Waals surface area (Å²) in [7, 11) is 0. The molecule has 0 aliphatic carbocycles. The zero-order valence-corrected chi connectivity index (χ0v) is 7.17. The van der Waals surface area contributed by atoms with Crippen LogP contribution in [0.2, 0.25) is 0 Å². The van der Waals surface area contributed by atoms with Crippen LogP contribution in [0.25, 0.3) is 0 Å². The molecule has 14 heavy (non-hydrogen) atoms. The summed E-state index contributed by atoms with van der Waals surface area (Å²) < 4.78 is 4.30. The maximum atomic E-state index is 10.3. The van der Waals surface area contributed by atoms with Crippen LogP contribution in [0.1, 0.15) is 6.42 Å². The molecule has 0 spiro atoms. The standard InChI is InChI=1S/C6H8O7.H3N/c7-4(8)1-3(6(11)12)13-2-5(9)10;/h3H,1-2H2,(H,7,8)(H,9,10)(H,11,12);1H3. The summed E-state index contributed by atoms with van der Waals surface area (Å²) >= 11 is 0. The summed E-state index contributed by atoms with van der Waals surface area (Å²) in [5, 5.41) is 24.7. The minimum atomic E-state index is -1.62. The van der Waals surface area contributed by atoms with Crippen LogP contribution < -0.4 is 6.15 Å². The Hall–Kier alpha value is -1.67. The summed E-state index contributed by atoms with van der Waals surface area (Å²) in [5.41, 5.74) is 0. The quantitative estimate of drug-likeness (QED) is 0.441. The highest BCUT2D eigenvalue weighted by atomic mass is 16.5. The fraction of sp³-hybridized carbons (Fsp3) is 0.500. The van der Waals surface area contributed by atoms with Crippen LogP contribution in [0, 0.1) is 0 Å². The molecule has 6 N–H and O–H groups in total. The van der Waals surface area contributed by atoms with Crippen LogP contribution in [-0.4, -0.2) is 45.9 Å². The van der Waals surface area contributed by atoms with E-state index in [1.54, 1.807) is 0 Å². The second-order valence-corrected chi connectivity index (χ2v) is 2.13. The van der Waals surface area contributed by atoms with Crippen molar-refractivity contribution >= 4 is 17.9 Å². The highest BCUT2D eigenvalue weighted by Crippen LogP contribution is 1.98. The van der Waals surface area contributed by atoms with Gasteiger partial charge in [0.15, 0.2) is 6.10 Å². The number of ether oxygens (including phenoxy) is 1. The summed E-state index contributed by atoms with van der Waals surface area (Å²) in [6.07, 6.45) is -2.38. The Morgan fingerprint density at radius 2 is 1.57 bits per heavy atom. The largest absolute Gasteiger partial charge is 0.481 e. The van der Waals surface area contributed by atoms with Crippen molar-refractivity contribution in [3.63, 3.8) is 0 Å². The highest BCUT2D eigenvalue weighted by Gasteiger charge is 2.22. The highest BCUT2D eigenvalue weighted by molar-refractivity contribution is 5.80. The number of rotatable bonds is 6. The van der Waals surface area contributed by atoms with Gasteiger partial charge in [-0.3, -0.25) is 4.79 Å². The fourth-order valence-electron chi connectivity index (χ4n) is 0.548. The number of carbonyl (C=O) groups is 3. The van der Waals surface area contributed by atoms with Crippen LogP contribution in [0.4, 0.5) is 0 Å². The Balaban J connectivity index is 0. The van der Waals surface area contributed by atoms with E-state index in [4.69, 9.17) is 15.3 Å². The van der Waals surface area contributed by atoms with E-state index in [9.17, 15) is 14.4 Å². The first-order chi connectivity index (χ1) is 5.93. The van der Waals surface area contributed by atoms with Gasteiger partial charge in [-0.2, -0.15) is 0 Å². The van der Waals surface area contributed by atoms with Gasteiger partial charge in [0, 0.05) is 0 Å². The summed E-state index contributed by atoms with van der Waals surface area (Å²) in [4.78, 5) is 30.3. The smallest absolute Gasteiger partial charge is 0.333 e. The SMILES string of the molecule is N.O=C(O)COC(CC(=O)O)C(=O)O. The molecular weight excluding hydrogens is 198 g/mol. The van der Waals surface area contributed by atoms with Crippen molar-refractivity contribution in [3.05, 3.63) is 0 Å². The molecule has 0 amide bonds. The molecule has 0 aromatic heterocycles. The number of hydrogen-bond donors (Lipinski definition) is 4. The molecule has 0 bridgehead atoms. The maximum Gasteiger partial charge on any atom is 0.333 e. The zero-order chi connectivity index (χ0) is 10.4. The van der Waals surface area contributed by atoms with Gasteiger partial charge < -0.3 is 26.2 Å². The van der Waals surface area contributed by atoms with Crippen molar-refractivity contribution < 1.29 is 34.4 Å². The Bertz CT molecular complexity index is 226. The second kappa shape index (κ2) is 6.80. The predicted molar refractivity (Wildman–Crippen MR) is 42.3 cm³/mol. The fourth-order valence-corrected chi connectivity index (χ4v) is 0.548. The predicted octanol–water partition coefficient (Wildman–Crippen LogP) is -0.823. The van der Waals surface area contributed by atoms with E-state index in [1.807, 2.05) is 0 Å². The van der Waals surface area contributed by atoms with Crippen molar-refractivity contribution in [3.8, 4) is 0 Å².